The van der Waals surface area contributed by atoms with Gasteiger partial charge in [-0.1, -0.05) is 17.7 Å². The number of halogens is 7. The predicted octanol–water partition coefficient (Wildman–Crippen LogP) is 8.50. The van der Waals surface area contributed by atoms with Crippen LogP contribution >= 0.6 is 0 Å². The third-order valence-electron chi connectivity index (χ3n) is 8.14. The number of likely N-dealkylation sites (tertiary alicyclic amines) is 1. The maximum absolute atomic E-state index is 14.1. The van der Waals surface area contributed by atoms with Gasteiger partial charge in [-0.15, -0.1) is 0 Å². The van der Waals surface area contributed by atoms with E-state index in [0.717, 1.165) is 17.6 Å². The molecule has 15 heteroatoms. The Morgan fingerprint density at radius 1 is 1.02 bits per heavy atom. The molecule has 0 aromatic heterocycles. The number of urea groups is 1. The molecule has 1 heterocycles. The number of hydrogen-bond acceptors (Lipinski definition) is 5. The average Bonchev–Trinajstić information content (AvgIpc) is 2.99. The van der Waals surface area contributed by atoms with Gasteiger partial charge in [-0.3, -0.25) is 0 Å². The summed E-state index contributed by atoms with van der Waals surface area (Å²) in [5.41, 5.74) is -2.33. The predicted molar refractivity (Wildman–Crippen MR) is 166 cm³/mol. The number of rotatable bonds is 7. The van der Waals surface area contributed by atoms with E-state index >= 15 is 0 Å². The number of alkyl halides is 6. The van der Waals surface area contributed by atoms with Crippen molar-refractivity contribution in [2.45, 2.75) is 90.0 Å². The zero-order chi connectivity index (χ0) is 37.1. The molecule has 0 saturated carbocycles. The first kappa shape index (κ1) is 39.1. The molecule has 3 rings (SSSR count). The van der Waals surface area contributed by atoms with E-state index in [1.165, 1.54) is 37.1 Å². The van der Waals surface area contributed by atoms with Crippen molar-refractivity contribution in [2.24, 2.45) is 0 Å². The van der Waals surface area contributed by atoms with Gasteiger partial charge in [0, 0.05) is 13.6 Å². The van der Waals surface area contributed by atoms with E-state index in [2.05, 4.69) is 5.32 Å². The fraction of sp³-hybridized carbons (Fsp3) is 0.500. The quantitative estimate of drug-likeness (QED) is 0.178. The number of methoxy groups -OCH3 is 1. The summed E-state index contributed by atoms with van der Waals surface area (Å²) in [6.07, 6.45) is -8.74. The lowest BCUT2D eigenvalue weighted by Gasteiger charge is -2.41. The van der Waals surface area contributed by atoms with Crippen LogP contribution < -0.4 is 5.32 Å². The molecule has 1 unspecified atom stereocenters. The number of benzene rings is 2. The zero-order valence-electron chi connectivity index (χ0n) is 28.2. The molecule has 270 valence electrons. The monoisotopic (exact) mass is 703 g/mol. The molecule has 3 amide bonds. The summed E-state index contributed by atoms with van der Waals surface area (Å²) in [6, 6.07) is 1.51. The minimum Gasteiger partial charge on any atom is -0.467 e. The second-order valence-corrected chi connectivity index (χ2v) is 12.9. The highest BCUT2D eigenvalue weighted by molar-refractivity contribution is 5.81. The molecule has 0 aliphatic carbocycles. The van der Waals surface area contributed by atoms with Crippen LogP contribution in [-0.2, 0) is 26.6 Å². The number of nitrogens with one attached hydrogen (secondary N) is 1. The van der Waals surface area contributed by atoms with Crippen LogP contribution in [0.25, 0.3) is 0 Å². The van der Waals surface area contributed by atoms with Gasteiger partial charge in [0.05, 0.1) is 30.3 Å². The maximum atomic E-state index is 14.1. The number of aryl methyl sites for hydroxylation is 1. The highest BCUT2D eigenvalue weighted by Gasteiger charge is 2.39. The Bertz CT molecular complexity index is 1530. The van der Waals surface area contributed by atoms with E-state index in [9.17, 15) is 45.1 Å². The van der Waals surface area contributed by atoms with Gasteiger partial charge in [0.2, 0.25) is 0 Å². The highest BCUT2D eigenvalue weighted by Crippen LogP contribution is 2.40. The lowest BCUT2D eigenvalue weighted by Crippen LogP contribution is -2.47. The van der Waals surface area contributed by atoms with Crippen molar-refractivity contribution in [1.29, 1.82) is 0 Å². The Morgan fingerprint density at radius 2 is 1.61 bits per heavy atom. The van der Waals surface area contributed by atoms with Crippen LogP contribution in [0.1, 0.15) is 86.9 Å². The van der Waals surface area contributed by atoms with Crippen LogP contribution in [0.2, 0.25) is 0 Å². The Kier molecular flexibility index (Phi) is 12.0. The molecule has 0 spiro atoms. The third-order valence-corrected chi connectivity index (χ3v) is 8.14. The molecule has 49 heavy (non-hydrogen) atoms. The van der Waals surface area contributed by atoms with E-state index < -0.39 is 71.1 Å². The molecule has 0 bridgehead atoms. The first-order chi connectivity index (χ1) is 22.5. The molecule has 8 nitrogen and oxygen atoms in total. The molecule has 2 aromatic carbocycles. The van der Waals surface area contributed by atoms with Crippen LogP contribution in [0.3, 0.4) is 0 Å². The van der Waals surface area contributed by atoms with Crippen LogP contribution in [0.4, 0.5) is 40.3 Å². The standard InChI is InChI=1S/C34H40F7N3O5/c1-19-14-25(35)9-10-26(19)28-15-21(8-11-27(29(45)48-7)42-30(46)49-32(3,4)5)12-13-44(28)31(47)43(6)20(2)22-16-23(33(36,37)38)18-24(17-22)34(39,40)41/h8-10,14,16-18,20,27-28H,11-13,15H2,1-7H3,(H,42,46)/b21-8+/t20-,27?,28-/m1/s1. The van der Waals surface area contributed by atoms with Crippen molar-refractivity contribution < 1.29 is 54.6 Å². The minimum atomic E-state index is -5.06. The number of nitrogens with zero attached hydrogens (tertiary/aromatic N) is 2. The lowest BCUT2D eigenvalue weighted by molar-refractivity contribution is -0.144. The zero-order valence-corrected chi connectivity index (χ0v) is 28.2. The summed E-state index contributed by atoms with van der Waals surface area (Å²) >= 11 is 0. The molecule has 2 aromatic rings. The maximum Gasteiger partial charge on any atom is 0.416 e. The summed E-state index contributed by atoms with van der Waals surface area (Å²) in [5.74, 6) is -1.24. The lowest BCUT2D eigenvalue weighted by atomic mass is 9.88. The van der Waals surface area contributed by atoms with Gasteiger partial charge in [-0.2, -0.15) is 26.3 Å². The number of piperidine rings is 1. The van der Waals surface area contributed by atoms with E-state index in [1.807, 2.05) is 0 Å². The molecular weight excluding hydrogens is 663 g/mol. The van der Waals surface area contributed by atoms with Crippen molar-refractivity contribution in [3.63, 3.8) is 0 Å². The van der Waals surface area contributed by atoms with Crippen LogP contribution in [0.5, 0.6) is 0 Å². The van der Waals surface area contributed by atoms with Crippen molar-refractivity contribution in [3.8, 4) is 0 Å². The second kappa shape index (κ2) is 15.1. The normalized spacial score (nSPS) is 17.7. The molecular formula is C34H40F7N3O5. The third kappa shape index (κ3) is 10.3. The van der Waals surface area contributed by atoms with Gasteiger partial charge in [0.1, 0.15) is 17.5 Å². The topological polar surface area (TPSA) is 88.2 Å². The molecule has 3 atom stereocenters. The van der Waals surface area contributed by atoms with Gasteiger partial charge >= 0.3 is 30.4 Å². The fourth-order valence-corrected chi connectivity index (χ4v) is 5.49. The van der Waals surface area contributed by atoms with Crippen LogP contribution in [0.15, 0.2) is 48.0 Å². The summed E-state index contributed by atoms with van der Waals surface area (Å²) in [6.45, 7) is 8.02. The average molecular weight is 704 g/mol. The molecule has 1 saturated heterocycles. The van der Waals surface area contributed by atoms with Gasteiger partial charge in [-0.05, 0) is 101 Å². The molecule has 1 aliphatic rings. The molecule has 0 radical (unpaired) electrons. The Morgan fingerprint density at radius 3 is 2.12 bits per heavy atom. The molecule has 1 N–H and O–H groups in total. The van der Waals surface area contributed by atoms with Gasteiger partial charge in [-0.25, -0.2) is 18.8 Å². The summed E-state index contributed by atoms with van der Waals surface area (Å²) in [4.78, 5) is 41.3. The number of esters is 1. The van der Waals surface area contributed by atoms with Crippen molar-refractivity contribution in [3.05, 3.63) is 81.7 Å². The minimum absolute atomic E-state index is 0.0122. The van der Waals surface area contributed by atoms with Gasteiger partial charge in [0.15, 0.2) is 0 Å². The van der Waals surface area contributed by atoms with E-state index in [4.69, 9.17) is 9.47 Å². The largest absolute Gasteiger partial charge is 0.467 e. The smallest absolute Gasteiger partial charge is 0.416 e. The Labute approximate surface area is 280 Å². The van der Waals surface area contributed by atoms with Crippen molar-refractivity contribution in [2.75, 3.05) is 20.7 Å². The number of carbonyl (C=O) groups excluding carboxylic acids is 3. The second-order valence-electron chi connectivity index (χ2n) is 12.9. The first-order valence-corrected chi connectivity index (χ1v) is 15.4. The SMILES string of the molecule is COC(=O)C(C/C=C1\CCN(C(=O)N(C)[C@H](C)c2cc(C(F)(F)F)cc(C(F)(F)F)c2)[C@@H](c2ccc(F)cc2C)C1)NC(=O)OC(C)(C)C. The summed E-state index contributed by atoms with van der Waals surface area (Å²) < 4.78 is 105. The highest BCUT2D eigenvalue weighted by atomic mass is 19.4. The number of hydrogen-bond donors (Lipinski definition) is 1. The number of alkyl carbamates (subject to hydrolysis) is 1. The van der Waals surface area contributed by atoms with Gasteiger partial charge < -0.3 is 24.6 Å². The number of amides is 3. The van der Waals surface area contributed by atoms with Crippen molar-refractivity contribution >= 4 is 18.1 Å². The van der Waals surface area contributed by atoms with E-state index in [1.54, 1.807) is 33.8 Å². The first-order valence-electron chi connectivity index (χ1n) is 15.4. The summed E-state index contributed by atoms with van der Waals surface area (Å²) in [5, 5.41) is 2.48. The Balaban J connectivity index is 1.94. The number of ether oxygens (including phenoxy) is 2. The van der Waals surface area contributed by atoms with E-state index in [0.29, 0.717) is 23.3 Å². The van der Waals surface area contributed by atoms with Crippen LogP contribution in [-0.4, -0.2) is 60.2 Å². The molecule has 1 aliphatic heterocycles. The fourth-order valence-electron chi connectivity index (χ4n) is 5.49. The van der Waals surface area contributed by atoms with Crippen molar-refractivity contribution in [1.82, 2.24) is 15.1 Å². The Hall–Kier alpha value is -4.30. The molecule has 1 fully saturated rings. The number of carbonyl (C=O) groups is 3. The van der Waals surface area contributed by atoms with E-state index in [-0.39, 0.29) is 37.4 Å². The summed E-state index contributed by atoms with van der Waals surface area (Å²) in [7, 11) is 2.45. The van der Waals surface area contributed by atoms with Crippen LogP contribution in [0, 0.1) is 12.7 Å². The van der Waals surface area contributed by atoms with Gasteiger partial charge in [0.25, 0.3) is 0 Å².